The molecule has 142 valence electrons. The fourth-order valence-electron chi connectivity index (χ4n) is 4.01. The summed E-state index contributed by atoms with van der Waals surface area (Å²) in [5.74, 6) is -7.43. The van der Waals surface area contributed by atoms with Crippen LogP contribution in [0.15, 0.2) is 11.0 Å². The van der Waals surface area contributed by atoms with Crippen LogP contribution >= 0.6 is 12.4 Å². The minimum atomic E-state index is -4.75. The molecular weight excluding hydrogens is 384 g/mol. The Balaban J connectivity index is 0.00000225. The average Bonchev–Trinajstić information content (AvgIpc) is 2.46. The molecule has 2 aliphatic carbocycles. The minimum absolute atomic E-state index is 0. The van der Waals surface area contributed by atoms with Gasteiger partial charge in [-0.15, -0.1) is 12.4 Å². The van der Waals surface area contributed by atoms with Crippen LogP contribution in [0.5, 0.6) is 0 Å². The van der Waals surface area contributed by atoms with E-state index in [4.69, 9.17) is 5.73 Å². The molecule has 0 saturated heterocycles. The topological polar surface area (TPSA) is 72.2 Å². The van der Waals surface area contributed by atoms with Gasteiger partial charge in [0.25, 0.3) is 0 Å². The number of benzene rings is 1. The van der Waals surface area contributed by atoms with E-state index in [0.717, 1.165) is 19.3 Å². The summed E-state index contributed by atoms with van der Waals surface area (Å²) in [7, 11) is -4.75. The van der Waals surface area contributed by atoms with Crippen LogP contribution in [0, 0.1) is 35.1 Å². The number of hydrogen-bond acceptors (Lipinski definition) is 3. The van der Waals surface area contributed by atoms with E-state index in [-0.39, 0.29) is 36.4 Å². The lowest BCUT2D eigenvalue weighted by Crippen LogP contribution is -2.53. The van der Waals surface area contributed by atoms with E-state index in [0.29, 0.717) is 12.8 Å². The van der Waals surface area contributed by atoms with Gasteiger partial charge in [-0.25, -0.2) is 30.7 Å². The second-order valence-corrected chi connectivity index (χ2v) is 8.28. The zero-order valence-corrected chi connectivity index (χ0v) is 14.8. The number of halogens is 5. The van der Waals surface area contributed by atoms with Crippen molar-refractivity contribution in [2.24, 2.45) is 17.6 Å². The molecule has 0 amide bonds. The quantitative estimate of drug-likeness (QED) is 0.603. The van der Waals surface area contributed by atoms with Crippen LogP contribution < -0.4 is 10.5 Å². The number of sulfonamides is 1. The minimum Gasteiger partial charge on any atom is -0.328 e. The van der Waals surface area contributed by atoms with E-state index >= 15 is 0 Å². The molecule has 0 spiro atoms. The molecule has 4 nitrogen and oxygen atoms in total. The predicted octanol–water partition coefficient (Wildman–Crippen LogP) is 2.85. The first-order chi connectivity index (χ1) is 11.2. The second kappa shape index (κ2) is 7.38. The van der Waals surface area contributed by atoms with E-state index in [1.807, 2.05) is 0 Å². The molecule has 0 aromatic heterocycles. The number of rotatable bonds is 3. The SMILES string of the molecule is Cl.NC1CC2CCCC(C1)C2NS(=O)(=O)c1c(F)c(F)cc(F)c1F. The van der Waals surface area contributed by atoms with Crippen LogP contribution in [0.1, 0.15) is 32.1 Å². The maximum atomic E-state index is 13.8. The van der Waals surface area contributed by atoms with Gasteiger partial charge in [0, 0.05) is 18.2 Å². The Morgan fingerprint density at radius 3 is 1.96 bits per heavy atom. The van der Waals surface area contributed by atoms with Crippen molar-refractivity contribution in [1.82, 2.24) is 4.72 Å². The molecule has 3 N–H and O–H groups in total. The maximum absolute atomic E-state index is 13.8. The van der Waals surface area contributed by atoms with Crippen molar-refractivity contribution in [3.63, 3.8) is 0 Å². The Labute approximate surface area is 149 Å². The molecular formula is C15H19ClF4N2O2S. The third-order valence-electron chi connectivity index (χ3n) is 5.01. The number of nitrogens with two attached hydrogens (primary N) is 1. The molecule has 2 fully saturated rings. The molecule has 0 aliphatic heterocycles. The highest BCUT2D eigenvalue weighted by Gasteiger charge is 2.42. The van der Waals surface area contributed by atoms with Crippen LogP contribution in [0.3, 0.4) is 0 Å². The van der Waals surface area contributed by atoms with Crippen LogP contribution in [0.4, 0.5) is 17.6 Å². The standard InChI is InChI=1S/C15H18F4N2O2S.ClH/c16-10-6-11(17)13(19)15(12(10)18)24(22,23)21-14-7-2-1-3-8(14)5-9(20)4-7;/h6-9,14,21H,1-5,20H2;1H. The van der Waals surface area contributed by atoms with Crippen molar-refractivity contribution in [2.75, 3.05) is 0 Å². The van der Waals surface area contributed by atoms with Crippen molar-refractivity contribution >= 4 is 22.4 Å². The van der Waals surface area contributed by atoms with E-state index in [1.165, 1.54) is 0 Å². The molecule has 10 heteroatoms. The van der Waals surface area contributed by atoms with Crippen LogP contribution in [-0.2, 0) is 10.0 Å². The van der Waals surface area contributed by atoms with Crippen LogP contribution in [0.25, 0.3) is 0 Å². The average molecular weight is 403 g/mol. The summed E-state index contributed by atoms with van der Waals surface area (Å²) in [5, 5.41) is 0. The summed E-state index contributed by atoms with van der Waals surface area (Å²) in [5.41, 5.74) is 5.95. The molecule has 2 atom stereocenters. The number of nitrogens with one attached hydrogen (secondary N) is 1. The van der Waals surface area contributed by atoms with Crippen molar-refractivity contribution in [2.45, 2.75) is 49.1 Å². The second-order valence-electron chi connectivity index (χ2n) is 6.63. The highest BCUT2D eigenvalue weighted by Crippen LogP contribution is 2.40. The molecule has 2 saturated carbocycles. The number of hydrogen-bond donors (Lipinski definition) is 2. The fraction of sp³-hybridized carbons (Fsp3) is 0.600. The predicted molar refractivity (Wildman–Crippen MR) is 85.7 cm³/mol. The van der Waals surface area contributed by atoms with Crippen LogP contribution in [0.2, 0.25) is 0 Å². The van der Waals surface area contributed by atoms with E-state index in [9.17, 15) is 26.0 Å². The molecule has 0 radical (unpaired) electrons. The van der Waals surface area contributed by atoms with Gasteiger partial charge in [0.1, 0.15) is 0 Å². The van der Waals surface area contributed by atoms with Gasteiger partial charge in [0.15, 0.2) is 28.2 Å². The Hall–Kier alpha value is -0.900. The third kappa shape index (κ3) is 3.79. The van der Waals surface area contributed by atoms with Crippen molar-refractivity contribution < 1.29 is 26.0 Å². The molecule has 1 aromatic rings. The summed E-state index contributed by atoms with van der Waals surface area (Å²) >= 11 is 0. The van der Waals surface area contributed by atoms with E-state index < -0.39 is 44.2 Å². The molecule has 3 rings (SSSR count). The molecule has 0 heterocycles. The first-order valence-corrected chi connectivity index (χ1v) is 9.30. The van der Waals surface area contributed by atoms with Crippen molar-refractivity contribution in [3.05, 3.63) is 29.3 Å². The van der Waals surface area contributed by atoms with Gasteiger partial charge in [0.05, 0.1) is 0 Å². The Kier molecular flexibility index (Phi) is 6.03. The van der Waals surface area contributed by atoms with Gasteiger partial charge >= 0.3 is 0 Å². The van der Waals surface area contributed by atoms with Crippen LogP contribution in [-0.4, -0.2) is 20.5 Å². The summed E-state index contributed by atoms with van der Waals surface area (Å²) < 4.78 is 81.4. The Morgan fingerprint density at radius 1 is 1.00 bits per heavy atom. The third-order valence-corrected chi connectivity index (χ3v) is 6.49. The molecule has 2 unspecified atom stereocenters. The summed E-state index contributed by atoms with van der Waals surface area (Å²) in [6.07, 6.45) is 3.63. The number of fused-ring (bicyclic) bond motifs is 2. The first-order valence-electron chi connectivity index (χ1n) is 7.81. The summed E-state index contributed by atoms with van der Waals surface area (Å²) in [6, 6.07) is -0.590. The van der Waals surface area contributed by atoms with E-state index in [2.05, 4.69) is 4.72 Å². The fourth-order valence-corrected chi connectivity index (χ4v) is 5.53. The molecule has 2 bridgehead atoms. The lowest BCUT2D eigenvalue weighted by atomic mass is 9.67. The zero-order chi connectivity index (χ0) is 17.6. The van der Waals surface area contributed by atoms with Crippen molar-refractivity contribution in [3.8, 4) is 0 Å². The van der Waals surface area contributed by atoms with Gasteiger partial charge in [0.2, 0.25) is 10.0 Å². The lowest BCUT2D eigenvalue weighted by Gasteiger charge is -2.44. The molecule has 2 aliphatic rings. The van der Waals surface area contributed by atoms with Crippen molar-refractivity contribution in [1.29, 1.82) is 0 Å². The monoisotopic (exact) mass is 402 g/mol. The van der Waals surface area contributed by atoms with Gasteiger partial charge in [-0.3, -0.25) is 0 Å². The van der Waals surface area contributed by atoms with Gasteiger partial charge in [-0.05, 0) is 37.5 Å². The smallest absolute Gasteiger partial charge is 0.246 e. The van der Waals surface area contributed by atoms with Gasteiger partial charge < -0.3 is 5.73 Å². The summed E-state index contributed by atoms with van der Waals surface area (Å²) in [4.78, 5) is -1.60. The lowest BCUT2D eigenvalue weighted by molar-refractivity contribution is 0.125. The molecule has 1 aromatic carbocycles. The maximum Gasteiger partial charge on any atom is 0.246 e. The highest BCUT2D eigenvalue weighted by molar-refractivity contribution is 7.89. The zero-order valence-electron chi connectivity index (χ0n) is 13.1. The Bertz CT molecular complexity index is 722. The Morgan fingerprint density at radius 2 is 1.48 bits per heavy atom. The van der Waals surface area contributed by atoms with Gasteiger partial charge in [-0.1, -0.05) is 6.42 Å². The summed E-state index contributed by atoms with van der Waals surface area (Å²) in [6.45, 7) is 0. The highest BCUT2D eigenvalue weighted by atomic mass is 35.5. The molecule has 25 heavy (non-hydrogen) atoms. The normalized spacial score (nSPS) is 29.2. The largest absolute Gasteiger partial charge is 0.328 e. The first kappa shape index (κ1) is 20.4. The van der Waals surface area contributed by atoms with E-state index in [1.54, 1.807) is 0 Å². The van der Waals surface area contributed by atoms with Gasteiger partial charge in [-0.2, -0.15) is 0 Å².